The first-order valence-corrected chi connectivity index (χ1v) is 9.33. The minimum absolute atomic E-state index is 0.121. The molecule has 4 N–H and O–H groups in total. The molecule has 4 nitrogen and oxygen atoms in total. The van der Waals surface area contributed by atoms with Gasteiger partial charge in [-0.05, 0) is 43.9 Å². The van der Waals surface area contributed by atoms with E-state index < -0.39 is 0 Å². The summed E-state index contributed by atoms with van der Waals surface area (Å²) < 4.78 is 13.5. The third-order valence-electron chi connectivity index (χ3n) is 5.11. The normalized spacial score (nSPS) is 26.2. The summed E-state index contributed by atoms with van der Waals surface area (Å²) in [4.78, 5) is 4.88. The van der Waals surface area contributed by atoms with Crippen LogP contribution in [0.5, 0.6) is 0 Å². The van der Waals surface area contributed by atoms with Crippen molar-refractivity contribution < 1.29 is 4.39 Å². The van der Waals surface area contributed by atoms with Gasteiger partial charge in [0, 0.05) is 17.8 Å². The Hall–Kier alpha value is -1.62. The first-order chi connectivity index (χ1) is 11.7. The molecule has 0 aliphatic heterocycles. The van der Waals surface area contributed by atoms with E-state index in [4.69, 9.17) is 10.7 Å². The number of guanidine groups is 1. The van der Waals surface area contributed by atoms with Gasteiger partial charge in [0.15, 0.2) is 5.96 Å². The van der Waals surface area contributed by atoms with E-state index in [9.17, 15) is 4.39 Å². The van der Waals surface area contributed by atoms with Crippen molar-refractivity contribution in [2.24, 2.45) is 10.7 Å². The number of benzene rings is 1. The summed E-state index contributed by atoms with van der Waals surface area (Å²) in [5, 5.41) is 6.83. The van der Waals surface area contributed by atoms with Gasteiger partial charge in [0.05, 0.1) is 6.04 Å². The van der Waals surface area contributed by atoms with Gasteiger partial charge in [0.25, 0.3) is 0 Å². The Labute approximate surface area is 144 Å². The largest absolute Gasteiger partial charge is 0.353 e. The molecule has 0 unspecified atom stereocenters. The van der Waals surface area contributed by atoms with E-state index >= 15 is 0 Å². The van der Waals surface area contributed by atoms with Crippen molar-refractivity contribution >= 4 is 11.6 Å². The highest BCUT2D eigenvalue weighted by Gasteiger charge is 2.23. The second kappa shape index (κ2) is 8.47. The van der Waals surface area contributed by atoms with Gasteiger partial charge in [-0.3, -0.25) is 0 Å². The Morgan fingerprint density at radius 3 is 2.54 bits per heavy atom. The van der Waals surface area contributed by atoms with Gasteiger partial charge in [-0.1, -0.05) is 38.2 Å². The van der Waals surface area contributed by atoms with E-state index in [-0.39, 0.29) is 17.9 Å². The summed E-state index contributed by atoms with van der Waals surface area (Å²) in [6.07, 6.45) is 10.6. The molecular weight excluding hydrogens is 303 g/mol. The third-order valence-corrected chi connectivity index (χ3v) is 5.11. The fourth-order valence-electron chi connectivity index (χ4n) is 3.71. The molecule has 0 radical (unpaired) electrons. The Bertz CT molecular complexity index is 554. The van der Waals surface area contributed by atoms with Crippen LogP contribution in [0.25, 0.3) is 0 Å². The average Bonchev–Trinajstić information content (AvgIpc) is 2.58. The average molecular weight is 332 g/mol. The highest BCUT2D eigenvalue weighted by Crippen LogP contribution is 2.21. The lowest BCUT2D eigenvalue weighted by atomic mass is 9.91. The molecule has 1 aromatic carbocycles. The molecule has 0 amide bonds. The minimum atomic E-state index is -0.244. The van der Waals surface area contributed by atoms with Gasteiger partial charge < -0.3 is 16.4 Å². The number of aliphatic imine (C=N–C) groups is 1. The summed E-state index contributed by atoms with van der Waals surface area (Å²) in [6.45, 7) is 0. The van der Waals surface area contributed by atoms with Crippen LogP contribution in [0.1, 0.15) is 57.8 Å². The maximum absolute atomic E-state index is 13.5. The van der Waals surface area contributed by atoms with E-state index in [0.717, 1.165) is 24.5 Å². The second-order valence-electron chi connectivity index (χ2n) is 7.11. The summed E-state index contributed by atoms with van der Waals surface area (Å²) >= 11 is 0. The lowest BCUT2D eigenvalue weighted by molar-refractivity contribution is 0.381. The SMILES string of the molecule is N[C@H]1CCCC[C@@H]1N=C(Nc1cccc(F)c1)NC1CCCCC1. The van der Waals surface area contributed by atoms with Crippen LogP contribution >= 0.6 is 0 Å². The monoisotopic (exact) mass is 332 g/mol. The number of halogens is 1. The Morgan fingerprint density at radius 1 is 1.04 bits per heavy atom. The summed E-state index contributed by atoms with van der Waals surface area (Å²) in [5.74, 6) is 0.501. The molecule has 5 heteroatoms. The number of hydrogen-bond acceptors (Lipinski definition) is 2. The lowest BCUT2D eigenvalue weighted by Gasteiger charge is -2.29. The van der Waals surface area contributed by atoms with Crippen molar-refractivity contribution in [2.75, 3.05) is 5.32 Å². The molecule has 0 bridgehead atoms. The fourth-order valence-corrected chi connectivity index (χ4v) is 3.71. The van der Waals surface area contributed by atoms with Gasteiger partial charge in [-0.2, -0.15) is 0 Å². The second-order valence-corrected chi connectivity index (χ2v) is 7.11. The van der Waals surface area contributed by atoms with Gasteiger partial charge >= 0.3 is 0 Å². The topological polar surface area (TPSA) is 62.4 Å². The predicted molar refractivity (Wildman–Crippen MR) is 97.7 cm³/mol. The van der Waals surface area contributed by atoms with Crippen molar-refractivity contribution in [3.05, 3.63) is 30.1 Å². The van der Waals surface area contributed by atoms with Crippen molar-refractivity contribution in [3.63, 3.8) is 0 Å². The number of nitrogens with one attached hydrogen (secondary N) is 2. The molecule has 132 valence electrons. The van der Waals surface area contributed by atoms with Crippen LogP contribution in [0.15, 0.2) is 29.3 Å². The molecule has 2 atom stereocenters. The highest BCUT2D eigenvalue weighted by molar-refractivity contribution is 5.94. The molecule has 24 heavy (non-hydrogen) atoms. The predicted octanol–water partition coefficient (Wildman–Crippen LogP) is 3.79. The standard InChI is InChI=1S/C19H29FN4/c20-14-7-6-10-16(13-14)23-19(22-15-8-2-1-3-9-15)24-18-12-5-4-11-17(18)21/h6-7,10,13,15,17-18H,1-5,8-9,11-12,21H2,(H2,22,23,24)/t17-,18-/m0/s1. The van der Waals surface area contributed by atoms with E-state index in [2.05, 4.69) is 10.6 Å². The molecule has 2 aliphatic carbocycles. The molecule has 2 saturated carbocycles. The van der Waals surface area contributed by atoms with Crippen LogP contribution in [0.3, 0.4) is 0 Å². The Morgan fingerprint density at radius 2 is 1.79 bits per heavy atom. The van der Waals surface area contributed by atoms with Gasteiger partial charge in [0.2, 0.25) is 0 Å². The van der Waals surface area contributed by atoms with Crippen molar-refractivity contribution in [1.29, 1.82) is 0 Å². The molecule has 0 saturated heterocycles. The van der Waals surface area contributed by atoms with E-state index in [1.54, 1.807) is 6.07 Å². The molecule has 0 spiro atoms. The smallest absolute Gasteiger partial charge is 0.196 e. The van der Waals surface area contributed by atoms with Gasteiger partial charge in [-0.15, -0.1) is 0 Å². The van der Waals surface area contributed by atoms with E-state index in [1.807, 2.05) is 6.07 Å². The van der Waals surface area contributed by atoms with E-state index in [1.165, 1.54) is 57.1 Å². The van der Waals surface area contributed by atoms with Crippen LogP contribution in [0.4, 0.5) is 10.1 Å². The van der Waals surface area contributed by atoms with Gasteiger partial charge in [-0.25, -0.2) is 9.38 Å². The number of nitrogens with two attached hydrogens (primary N) is 1. The molecular formula is C19H29FN4. The summed E-state index contributed by atoms with van der Waals surface area (Å²) in [7, 11) is 0. The van der Waals surface area contributed by atoms with Crippen LogP contribution in [0, 0.1) is 5.82 Å². The summed E-state index contributed by atoms with van der Waals surface area (Å²) in [5.41, 5.74) is 6.98. The molecule has 2 fully saturated rings. The first kappa shape index (κ1) is 17.2. The number of anilines is 1. The quantitative estimate of drug-likeness (QED) is 0.583. The van der Waals surface area contributed by atoms with Gasteiger partial charge in [0.1, 0.15) is 5.82 Å². The first-order valence-electron chi connectivity index (χ1n) is 9.33. The zero-order chi connectivity index (χ0) is 16.8. The minimum Gasteiger partial charge on any atom is -0.353 e. The lowest BCUT2D eigenvalue weighted by Crippen LogP contribution is -2.44. The number of rotatable bonds is 3. The van der Waals surface area contributed by atoms with Crippen molar-refractivity contribution in [2.45, 2.75) is 75.9 Å². The van der Waals surface area contributed by atoms with Crippen LogP contribution < -0.4 is 16.4 Å². The molecule has 0 heterocycles. The third kappa shape index (κ3) is 4.94. The zero-order valence-corrected chi connectivity index (χ0v) is 14.3. The molecule has 2 aliphatic rings. The molecule has 0 aromatic heterocycles. The van der Waals surface area contributed by atoms with Crippen LogP contribution in [0.2, 0.25) is 0 Å². The highest BCUT2D eigenvalue weighted by atomic mass is 19.1. The number of hydrogen-bond donors (Lipinski definition) is 3. The molecule has 1 aromatic rings. The zero-order valence-electron chi connectivity index (χ0n) is 14.3. The number of nitrogens with zero attached hydrogens (tertiary/aromatic N) is 1. The maximum atomic E-state index is 13.5. The van der Waals surface area contributed by atoms with Crippen LogP contribution in [-0.4, -0.2) is 24.1 Å². The summed E-state index contributed by atoms with van der Waals surface area (Å²) in [6, 6.07) is 7.23. The molecule has 3 rings (SSSR count). The van der Waals surface area contributed by atoms with E-state index in [0.29, 0.717) is 6.04 Å². The Kier molecular flexibility index (Phi) is 6.07. The maximum Gasteiger partial charge on any atom is 0.196 e. The fraction of sp³-hybridized carbons (Fsp3) is 0.632. The van der Waals surface area contributed by atoms with Crippen LogP contribution in [-0.2, 0) is 0 Å². The van der Waals surface area contributed by atoms with Crippen molar-refractivity contribution in [3.8, 4) is 0 Å². The Balaban J connectivity index is 1.73. The van der Waals surface area contributed by atoms with Crippen molar-refractivity contribution in [1.82, 2.24) is 5.32 Å².